The average Bonchev–Trinajstić information content (AvgIpc) is 2.69. The number of nitrogens with zero attached hydrogens (tertiary/aromatic N) is 1. The summed E-state index contributed by atoms with van der Waals surface area (Å²) in [4.78, 5) is 14.7. The van der Waals surface area contributed by atoms with Crippen LogP contribution in [0.4, 0.5) is 5.69 Å². The third kappa shape index (κ3) is 5.41. The number of aryl methyl sites for hydroxylation is 1. The van der Waals surface area contributed by atoms with Crippen molar-refractivity contribution in [2.45, 2.75) is 39.7 Å². The van der Waals surface area contributed by atoms with Gasteiger partial charge < -0.3 is 15.0 Å². The molecule has 0 bridgehead atoms. The van der Waals surface area contributed by atoms with Crippen LogP contribution in [-0.2, 0) is 4.79 Å². The molecule has 4 nitrogen and oxygen atoms in total. The van der Waals surface area contributed by atoms with Gasteiger partial charge in [-0.25, -0.2) is 0 Å². The summed E-state index contributed by atoms with van der Waals surface area (Å²) in [6.07, 6.45) is 2.57. The number of carbonyl (C=O) groups excluding carboxylic acids is 1. The minimum Gasteiger partial charge on any atom is -0.484 e. The van der Waals surface area contributed by atoms with Crippen molar-refractivity contribution in [3.05, 3.63) is 58.6 Å². The van der Waals surface area contributed by atoms with E-state index in [0.717, 1.165) is 30.1 Å². The first-order valence-electron chi connectivity index (χ1n) is 9.95. The van der Waals surface area contributed by atoms with Gasteiger partial charge in [0.25, 0.3) is 5.91 Å². The molecule has 2 aromatic rings. The summed E-state index contributed by atoms with van der Waals surface area (Å²) in [5, 5.41) is 3.68. The molecule has 1 aliphatic rings. The second-order valence-corrected chi connectivity index (χ2v) is 8.18. The van der Waals surface area contributed by atoms with E-state index < -0.39 is 0 Å². The van der Waals surface area contributed by atoms with Crippen molar-refractivity contribution in [2.75, 3.05) is 24.6 Å². The maximum absolute atomic E-state index is 12.2. The first-order valence-corrected chi connectivity index (χ1v) is 10.3. The Hall–Kier alpha value is -2.20. The van der Waals surface area contributed by atoms with Gasteiger partial charge in [-0.15, -0.1) is 0 Å². The molecule has 1 N–H and O–H groups in total. The quantitative estimate of drug-likeness (QED) is 0.729. The van der Waals surface area contributed by atoms with Crippen LogP contribution in [0.25, 0.3) is 0 Å². The Morgan fingerprint density at radius 2 is 2.04 bits per heavy atom. The van der Waals surface area contributed by atoms with Gasteiger partial charge in [-0.05, 0) is 74.1 Å². The maximum Gasteiger partial charge on any atom is 0.258 e. The molecule has 150 valence electrons. The van der Waals surface area contributed by atoms with Crippen LogP contribution < -0.4 is 15.0 Å². The van der Waals surface area contributed by atoms with Gasteiger partial charge in [-0.3, -0.25) is 4.79 Å². The third-order valence-corrected chi connectivity index (χ3v) is 5.72. The van der Waals surface area contributed by atoms with E-state index >= 15 is 0 Å². The second kappa shape index (κ2) is 9.33. The van der Waals surface area contributed by atoms with Crippen LogP contribution in [-0.4, -0.2) is 25.6 Å². The van der Waals surface area contributed by atoms with Gasteiger partial charge in [0.2, 0.25) is 0 Å². The van der Waals surface area contributed by atoms with E-state index in [1.54, 1.807) is 12.1 Å². The van der Waals surface area contributed by atoms with Crippen LogP contribution in [0.1, 0.15) is 43.9 Å². The molecule has 1 amide bonds. The van der Waals surface area contributed by atoms with Crippen LogP contribution in [0.3, 0.4) is 0 Å². The lowest BCUT2D eigenvalue weighted by molar-refractivity contribution is -0.123. The molecule has 28 heavy (non-hydrogen) atoms. The number of amides is 1. The summed E-state index contributed by atoms with van der Waals surface area (Å²) >= 11 is 6.01. The highest BCUT2D eigenvalue weighted by molar-refractivity contribution is 6.31. The summed E-state index contributed by atoms with van der Waals surface area (Å²) in [5.74, 6) is 1.25. The van der Waals surface area contributed by atoms with Gasteiger partial charge in [0.05, 0.1) is 6.04 Å². The van der Waals surface area contributed by atoms with E-state index in [2.05, 4.69) is 41.4 Å². The van der Waals surface area contributed by atoms with E-state index in [9.17, 15) is 4.79 Å². The number of anilines is 1. The smallest absolute Gasteiger partial charge is 0.258 e. The second-order valence-electron chi connectivity index (χ2n) is 7.77. The Morgan fingerprint density at radius 3 is 2.71 bits per heavy atom. The Labute approximate surface area is 172 Å². The summed E-state index contributed by atoms with van der Waals surface area (Å²) < 4.78 is 5.57. The Morgan fingerprint density at radius 1 is 1.29 bits per heavy atom. The van der Waals surface area contributed by atoms with Crippen molar-refractivity contribution < 1.29 is 9.53 Å². The fraction of sp³-hybridized carbons (Fsp3) is 0.435. The van der Waals surface area contributed by atoms with Crippen LogP contribution >= 0.6 is 11.6 Å². The number of nitrogens with one attached hydrogen (secondary N) is 1. The highest BCUT2D eigenvalue weighted by Crippen LogP contribution is 2.25. The van der Waals surface area contributed by atoms with Crippen molar-refractivity contribution in [1.82, 2.24) is 5.32 Å². The number of halogens is 1. The summed E-state index contributed by atoms with van der Waals surface area (Å²) in [5.41, 5.74) is 3.27. The molecular weight excluding hydrogens is 372 g/mol. The van der Waals surface area contributed by atoms with Crippen molar-refractivity contribution in [2.24, 2.45) is 5.92 Å². The summed E-state index contributed by atoms with van der Waals surface area (Å²) in [6.45, 7) is 8.43. The number of piperidine rings is 1. The van der Waals surface area contributed by atoms with E-state index in [1.165, 1.54) is 18.5 Å². The number of benzene rings is 2. The van der Waals surface area contributed by atoms with Crippen molar-refractivity contribution in [3.63, 3.8) is 0 Å². The van der Waals surface area contributed by atoms with E-state index in [1.807, 2.05) is 19.9 Å². The first-order chi connectivity index (χ1) is 13.4. The molecule has 0 radical (unpaired) electrons. The molecule has 0 aliphatic carbocycles. The molecule has 0 unspecified atom stereocenters. The zero-order valence-electron chi connectivity index (χ0n) is 16.9. The molecule has 1 saturated heterocycles. The highest BCUT2D eigenvalue weighted by atomic mass is 35.5. The summed E-state index contributed by atoms with van der Waals surface area (Å²) in [6, 6.07) is 13.8. The Balaban J connectivity index is 1.51. The Bertz CT molecular complexity index is 807. The van der Waals surface area contributed by atoms with Gasteiger partial charge in [-0.2, -0.15) is 0 Å². The zero-order chi connectivity index (χ0) is 20.1. The zero-order valence-corrected chi connectivity index (χ0v) is 17.6. The molecule has 1 heterocycles. The van der Waals surface area contributed by atoms with E-state index in [-0.39, 0.29) is 18.6 Å². The Kier molecular flexibility index (Phi) is 6.84. The standard InChI is InChI=1S/C23H29ClN2O2/c1-16-5-4-12-26(14-16)20-8-6-19(7-9-20)18(3)25-23(27)15-28-21-10-11-22(24)17(2)13-21/h6-11,13,16,18H,4-5,12,14-15H2,1-3H3,(H,25,27)/t16-,18+/m0/s1. The van der Waals surface area contributed by atoms with Crippen molar-refractivity contribution in [3.8, 4) is 5.75 Å². The fourth-order valence-corrected chi connectivity index (χ4v) is 3.74. The lowest BCUT2D eigenvalue weighted by Gasteiger charge is -2.33. The normalized spacial score (nSPS) is 17.9. The maximum atomic E-state index is 12.2. The lowest BCUT2D eigenvalue weighted by atomic mass is 9.99. The van der Waals surface area contributed by atoms with Gasteiger partial charge in [0.1, 0.15) is 5.75 Å². The van der Waals surface area contributed by atoms with Gasteiger partial charge in [0, 0.05) is 23.8 Å². The van der Waals surface area contributed by atoms with E-state index in [0.29, 0.717) is 10.8 Å². The molecular formula is C23H29ClN2O2. The van der Waals surface area contributed by atoms with Crippen LogP contribution in [0.2, 0.25) is 5.02 Å². The average molecular weight is 401 g/mol. The minimum absolute atomic E-state index is 0.0187. The largest absolute Gasteiger partial charge is 0.484 e. The third-order valence-electron chi connectivity index (χ3n) is 5.29. The topological polar surface area (TPSA) is 41.6 Å². The number of hydrogen-bond acceptors (Lipinski definition) is 3. The van der Waals surface area contributed by atoms with E-state index in [4.69, 9.17) is 16.3 Å². The number of hydrogen-bond donors (Lipinski definition) is 1. The monoisotopic (exact) mass is 400 g/mol. The molecule has 3 rings (SSSR count). The predicted octanol–water partition coefficient (Wildman–Crippen LogP) is 5.14. The van der Waals surface area contributed by atoms with Gasteiger partial charge in [0.15, 0.2) is 6.61 Å². The molecule has 2 aromatic carbocycles. The SMILES string of the molecule is Cc1cc(OCC(=O)N[C@H](C)c2ccc(N3CCC[C@H](C)C3)cc2)ccc1Cl. The van der Waals surface area contributed by atoms with Gasteiger partial charge >= 0.3 is 0 Å². The molecule has 0 saturated carbocycles. The number of ether oxygens (including phenoxy) is 1. The fourth-order valence-electron chi connectivity index (χ4n) is 3.62. The van der Waals surface area contributed by atoms with Crippen molar-refractivity contribution >= 4 is 23.2 Å². The molecule has 0 aromatic heterocycles. The lowest BCUT2D eigenvalue weighted by Crippen LogP contribution is -2.34. The molecule has 1 fully saturated rings. The van der Waals surface area contributed by atoms with Crippen molar-refractivity contribution in [1.29, 1.82) is 0 Å². The van der Waals surface area contributed by atoms with Crippen LogP contribution in [0.5, 0.6) is 5.75 Å². The number of carbonyl (C=O) groups is 1. The molecule has 5 heteroatoms. The molecule has 1 aliphatic heterocycles. The first kappa shape index (κ1) is 20.5. The minimum atomic E-state index is -0.144. The molecule has 2 atom stereocenters. The highest BCUT2D eigenvalue weighted by Gasteiger charge is 2.17. The van der Waals surface area contributed by atoms with Gasteiger partial charge in [-0.1, -0.05) is 30.7 Å². The van der Waals surface area contributed by atoms with Crippen LogP contribution in [0, 0.1) is 12.8 Å². The van der Waals surface area contributed by atoms with Crippen LogP contribution in [0.15, 0.2) is 42.5 Å². The number of rotatable bonds is 6. The molecule has 0 spiro atoms. The summed E-state index contributed by atoms with van der Waals surface area (Å²) in [7, 11) is 0. The predicted molar refractivity (Wildman–Crippen MR) is 115 cm³/mol.